The highest BCUT2D eigenvalue weighted by atomic mass is 19.1. The molecule has 0 aliphatic heterocycles. The lowest BCUT2D eigenvalue weighted by Crippen LogP contribution is -2.15. The Morgan fingerprint density at radius 3 is 2.77 bits per heavy atom. The third kappa shape index (κ3) is 3.03. The second kappa shape index (κ2) is 4.23. The van der Waals surface area contributed by atoms with Gasteiger partial charge in [0.2, 0.25) is 0 Å². The van der Waals surface area contributed by atoms with Gasteiger partial charge in [-0.15, -0.1) is 0 Å². The number of rotatable bonds is 3. The fourth-order valence-corrected chi connectivity index (χ4v) is 0.968. The zero-order valence-corrected chi connectivity index (χ0v) is 7.84. The fraction of sp³-hybridized carbons (Fsp3) is 0.400. The quantitative estimate of drug-likeness (QED) is 0.750. The number of aliphatic hydroxyl groups excluding tert-OH is 1. The summed E-state index contributed by atoms with van der Waals surface area (Å²) in [5.74, 6) is -0.226. The lowest BCUT2D eigenvalue weighted by Gasteiger charge is -2.08. The van der Waals surface area contributed by atoms with Crippen LogP contribution in [0.1, 0.15) is 12.5 Å². The van der Waals surface area contributed by atoms with Crippen molar-refractivity contribution in [3.05, 3.63) is 29.6 Å². The Hall–Kier alpha value is -1.09. The molecule has 0 spiro atoms. The molecule has 0 aliphatic rings. The van der Waals surface area contributed by atoms with Gasteiger partial charge >= 0.3 is 0 Å². The number of anilines is 1. The molecule has 0 amide bonds. The second-order valence-electron chi connectivity index (χ2n) is 3.19. The van der Waals surface area contributed by atoms with Gasteiger partial charge in [0.25, 0.3) is 0 Å². The van der Waals surface area contributed by atoms with Gasteiger partial charge in [-0.25, -0.2) is 4.39 Å². The molecule has 0 aliphatic carbocycles. The maximum atomic E-state index is 13.0. The largest absolute Gasteiger partial charge is 0.392 e. The molecule has 0 heterocycles. The maximum absolute atomic E-state index is 13.0. The van der Waals surface area contributed by atoms with Crippen LogP contribution in [0, 0.1) is 12.7 Å². The van der Waals surface area contributed by atoms with E-state index in [0.29, 0.717) is 17.8 Å². The molecule has 0 unspecified atom stereocenters. The zero-order valence-electron chi connectivity index (χ0n) is 7.84. The summed E-state index contributed by atoms with van der Waals surface area (Å²) in [5, 5.41) is 11.9. The Balaban J connectivity index is 2.63. The number of nitrogens with one attached hydrogen (secondary N) is 1. The highest BCUT2D eigenvalue weighted by molar-refractivity contribution is 5.45. The number of hydrogen-bond acceptors (Lipinski definition) is 2. The average molecular weight is 183 g/mol. The van der Waals surface area contributed by atoms with E-state index in [1.54, 1.807) is 26.0 Å². The third-order valence-electron chi connectivity index (χ3n) is 1.77. The molecule has 0 bridgehead atoms. The van der Waals surface area contributed by atoms with E-state index in [9.17, 15) is 4.39 Å². The maximum Gasteiger partial charge on any atom is 0.128 e. The second-order valence-corrected chi connectivity index (χ2v) is 3.19. The molecular weight excluding hydrogens is 169 g/mol. The van der Waals surface area contributed by atoms with Crippen LogP contribution in [-0.4, -0.2) is 17.8 Å². The Bertz CT molecular complexity index is 286. The van der Waals surface area contributed by atoms with E-state index in [2.05, 4.69) is 5.32 Å². The Labute approximate surface area is 77.4 Å². The van der Waals surface area contributed by atoms with Crippen LogP contribution in [0.2, 0.25) is 0 Å². The molecule has 2 N–H and O–H groups in total. The summed E-state index contributed by atoms with van der Waals surface area (Å²) < 4.78 is 13.0. The molecule has 1 rings (SSSR count). The minimum absolute atomic E-state index is 0.226. The van der Waals surface area contributed by atoms with Gasteiger partial charge in [0.15, 0.2) is 0 Å². The van der Waals surface area contributed by atoms with Crippen LogP contribution >= 0.6 is 0 Å². The van der Waals surface area contributed by atoms with Crippen molar-refractivity contribution in [3.8, 4) is 0 Å². The van der Waals surface area contributed by atoms with Gasteiger partial charge in [-0.3, -0.25) is 0 Å². The number of hydrogen-bond donors (Lipinski definition) is 2. The molecule has 1 aromatic rings. The van der Waals surface area contributed by atoms with E-state index in [-0.39, 0.29) is 5.82 Å². The molecule has 3 heteroatoms. The number of aliphatic hydroxyl groups is 1. The molecular formula is C10H14FNO. The van der Waals surface area contributed by atoms with E-state index in [1.165, 1.54) is 6.07 Å². The van der Waals surface area contributed by atoms with Crippen LogP contribution in [-0.2, 0) is 0 Å². The summed E-state index contributed by atoms with van der Waals surface area (Å²) in [7, 11) is 0. The lowest BCUT2D eigenvalue weighted by molar-refractivity contribution is 0.208. The van der Waals surface area contributed by atoms with Crippen molar-refractivity contribution in [2.75, 3.05) is 11.9 Å². The Morgan fingerprint density at radius 2 is 2.23 bits per heavy atom. The van der Waals surface area contributed by atoms with Gasteiger partial charge in [0.05, 0.1) is 6.10 Å². The first-order valence-electron chi connectivity index (χ1n) is 4.27. The molecule has 13 heavy (non-hydrogen) atoms. The van der Waals surface area contributed by atoms with Crippen LogP contribution in [0.5, 0.6) is 0 Å². The van der Waals surface area contributed by atoms with Crippen molar-refractivity contribution in [1.29, 1.82) is 0 Å². The van der Waals surface area contributed by atoms with Crippen LogP contribution in [0.4, 0.5) is 10.1 Å². The van der Waals surface area contributed by atoms with Gasteiger partial charge in [-0.1, -0.05) is 6.07 Å². The van der Waals surface area contributed by atoms with Crippen molar-refractivity contribution in [2.45, 2.75) is 20.0 Å². The van der Waals surface area contributed by atoms with Crippen LogP contribution in [0.3, 0.4) is 0 Å². The Morgan fingerprint density at radius 1 is 1.54 bits per heavy atom. The van der Waals surface area contributed by atoms with Crippen molar-refractivity contribution >= 4 is 5.69 Å². The molecule has 2 nitrogen and oxygen atoms in total. The minimum Gasteiger partial charge on any atom is -0.392 e. The van der Waals surface area contributed by atoms with E-state index in [4.69, 9.17) is 5.11 Å². The smallest absolute Gasteiger partial charge is 0.128 e. The molecule has 0 fully saturated rings. The molecule has 72 valence electrons. The standard InChI is InChI=1S/C10H14FNO/c1-7-3-4-9(5-10(7)11)12-6-8(2)13/h3-5,8,12-13H,6H2,1-2H3/t8-/m0/s1. The molecule has 1 aromatic carbocycles. The van der Waals surface area contributed by atoms with Crippen molar-refractivity contribution in [2.24, 2.45) is 0 Å². The van der Waals surface area contributed by atoms with Gasteiger partial charge in [0, 0.05) is 12.2 Å². The van der Waals surface area contributed by atoms with Gasteiger partial charge < -0.3 is 10.4 Å². The molecule has 0 saturated carbocycles. The summed E-state index contributed by atoms with van der Waals surface area (Å²) in [5.41, 5.74) is 1.33. The summed E-state index contributed by atoms with van der Waals surface area (Å²) in [4.78, 5) is 0. The van der Waals surface area contributed by atoms with Crippen molar-refractivity contribution < 1.29 is 9.50 Å². The van der Waals surface area contributed by atoms with Crippen LogP contribution < -0.4 is 5.32 Å². The topological polar surface area (TPSA) is 32.3 Å². The predicted molar refractivity (Wildman–Crippen MR) is 51.3 cm³/mol. The Kier molecular flexibility index (Phi) is 3.25. The number of benzene rings is 1. The van der Waals surface area contributed by atoms with Gasteiger partial charge in [-0.2, -0.15) is 0 Å². The summed E-state index contributed by atoms with van der Waals surface area (Å²) in [6, 6.07) is 4.93. The molecule has 0 radical (unpaired) electrons. The number of aryl methyl sites for hydroxylation is 1. The summed E-state index contributed by atoms with van der Waals surface area (Å²) >= 11 is 0. The van der Waals surface area contributed by atoms with Crippen molar-refractivity contribution in [3.63, 3.8) is 0 Å². The highest BCUT2D eigenvalue weighted by Gasteiger charge is 1.99. The normalized spacial score (nSPS) is 12.6. The first-order chi connectivity index (χ1) is 6.09. The monoisotopic (exact) mass is 183 g/mol. The summed E-state index contributed by atoms with van der Waals surface area (Å²) in [6.45, 7) is 3.83. The number of halogens is 1. The lowest BCUT2D eigenvalue weighted by atomic mass is 10.2. The van der Waals surface area contributed by atoms with Gasteiger partial charge in [-0.05, 0) is 31.5 Å². The third-order valence-corrected chi connectivity index (χ3v) is 1.77. The van der Waals surface area contributed by atoms with E-state index < -0.39 is 6.10 Å². The van der Waals surface area contributed by atoms with E-state index in [0.717, 1.165) is 0 Å². The van der Waals surface area contributed by atoms with Crippen molar-refractivity contribution in [1.82, 2.24) is 0 Å². The molecule has 1 atom stereocenters. The minimum atomic E-state index is -0.427. The van der Waals surface area contributed by atoms with Crippen LogP contribution in [0.15, 0.2) is 18.2 Å². The predicted octanol–water partition coefficient (Wildman–Crippen LogP) is 1.93. The molecule has 0 saturated heterocycles. The first kappa shape index (κ1) is 9.99. The summed E-state index contributed by atoms with van der Waals surface area (Å²) in [6.07, 6.45) is -0.427. The van der Waals surface area contributed by atoms with Crippen LogP contribution in [0.25, 0.3) is 0 Å². The first-order valence-corrected chi connectivity index (χ1v) is 4.27. The molecule has 0 aromatic heterocycles. The fourth-order valence-electron chi connectivity index (χ4n) is 0.968. The SMILES string of the molecule is Cc1ccc(NC[C@H](C)O)cc1F. The van der Waals surface area contributed by atoms with E-state index >= 15 is 0 Å². The van der Waals surface area contributed by atoms with E-state index in [1.807, 2.05) is 0 Å². The van der Waals surface area contributed by atoms with Gasteiger partial charge in [0.1, 0.15) is 5.82 Å². The highest BCUT2D eigenvalue weighted by Crippen LogP contribution is 2.13. The zero-order chi connectivity index (χ0) is 9.84. The average Bonchev–Trinajstić information content (AvgIpc) is 2.07.